The number of nitrogens with one attached hydrogen (secondary N) is 1. The van der Waals surface area contributed by atoms with E-state index < -0.39 is 0 Å². The molecule has 0 aliphatic carbocycles. The second-order valence-electron chi connectivity index (χ2n) is 5.70. The van der Waals surface area contributed by atoms with Crippen LogP contribution in [0.15, 0.2) is 89.7 Å². The van der Waals surface area contributed by atoms with E-state index in [9.17, 15) is 4.79 Å². The molecule has 0 atom stereocenters. The third kappa shape index (κ3) is 2.90. The Bertz CT molecular complexity index is 1050. The fourth-order valence-electron chi connectivity index (χ4n) is 2.96. The summed E-state index contributed by atoms with van der Waals surface area (Å²) in [5, 5.41) is 0.636. The molecule has 4 aromatic rings. The molecule has 0 radical (unpaired) electrons. The first-order valence-electron chi connectivity index (χ1n) is 7.96. The Balaban J connectivity index is 2.03. The maximum absolute atomic E-state index is 12.8. The molecule has 0 unspecified atom stereocenters. The molecule has 0 amide bonds. The first-order chi connectivity index (χ1) is 12.2. The highest BCUT2D eigenvalue weighted by atomic mass is 35.5. The van der Waals surface area contributed by atoms with Crippen LogP contribution < -0.4 is 5.69 Å². The smallest absolute Gasteiger partial charge is 0.305 e. The van der Waals surface area contributed by atoms with Crippen molar-refractivity contribution in [2.24, 2.45) is 0 Å². The van der Waals surface area contributed by atoms with Crippen LogP contribution >= 0.6 is 11.6 Å². The quantitative estimate of drug-likeness (QED) is 0.547. The summed E-state index contributed by atoms with van der Waals surface area (Å²) in [5.41, 5.74) is 4.15. The summed E-state index contributed by atoms with van der Waals surface area (Å²) in [6, 6.07) is 27.0. The highest BCUT2D eigenvalue weighted by Crippen LogP contribution is 2.31. The average Bonchev–Trinajstić information content (AvgIpc) is 3.01. The van der Waals surface area contributed by atoms with Gasteiger partial charge in [0.05, 0.1) is 17.1 Å². The van der Waals surface area contributed by atoms with E-state index in [1.807, 2.05) is 72.8 Å². The number of imidazole rings is 1. The van der Waals surface area contributed by atoms with Gasteiger partial charge in [0, 0.05) is 16.1 Å². The van der Waals surface area contributed by atoms with Crippen molar-refractivity contribution >= 4 is 11.6 Å². The van der Waals surface area contributed by atoms with Crippen LogP contribution in [-0.4, -0.2) is 9.55 Å². The van der Waals surface area contributed by atoms with Gasteiger partial charge in [-0.05, 0) is 24.3 Å². The van der Waals surface area contributed by atoms with Crippen LogP contribution in [0.2, 0.25) is 5.02 Å². The van der Waals surface area contributed by atoms with E-state index >= 15 is 0 Å². The molecule has 0 aliphatic heterocycles. The van der Waals surface area contributed by atoms with E-state index in [1.165, 1.54) is 0 Å². The number of hydrogen-bond donors (Lipinski definition) is 1. The van der Waals surface area contributed by atoms with Gasteiger partial charge in [0.2, 0.25) is 0 Å². The maximum Gasteiger partial charge on any atom is 0.331 e. The summed E-state index contributed by atoms with van der Waals surface area (Å²) >= 11 is 6.00. The largest absolute Gasteiger partial charge is 0.331 e. The summed E-state index contributed by atoms with van der Waals surface area (Å²) < 4.78 is 1.69. The minimum absolute atomic E-state index is 0.181. The van der Waals surface area contributed by atoms with Crippen molar-refractivity contribution in [1.82, 2.24) is 9.55 Å². The first-order valence-corrected chi connectivity index (χ1v) is 8.33. The molecule has 0 bridgehead atoms. The summed E-state index contributed by atoms with van der Waals surface area (Å²) in [7, 11) is 0. The predicted molar refractivity (Wildman–Crippen MR) is 102 cm³/mol. The Morgan fingerprint density at radius 1 is 0.720 bits per heavy atom. The number of aromatic nitrogens is 2. The molecule has 0 fully saturated rings. The zero-order chi connectivity index (χ0) is 17.2. The van der Waals surface area contributed by atoms with Crippen molar-refractivity contribution in [2.75, 3.05) is 0 Å². The molecular weight excluding hydrogens is 332 g/mol. The second kappa shape index (κ2) is 6.46. The SMILES string of the molecule is O=c1[nH]c(-c2ccccc2)c(-c2ccccc2)n1-c1ccc(Cl)cc1. The van der Waals surface area contributed by atoms with Crippen LogP contribution in [0.1, 0.15) is 0 Å². The number of halogens is 1. The molecular formula is C21H15ClN2O. The van der Waals surface area contributed by atoms with E-state index in [-0.39, 0.29) is 5.69 Å². The van der Waals surface area contributed by atoms with Crippen LogP contribution in [0.5, 0.6) is 0 Å². The summed E-state index contributed by atoms with van der Waals surface area (Å²) in [5.74, 6) is 0. The molecule has 0 spiro atoms. The van der Waals surface area contributed by atoms with Crippen molar-refractivity contribution in [3.8, 4) is 28.2 Å². The number of rotatable bonds is 3. The number of hydrogen-bond acceptors (Lipinski definition) is 1. The first kappa shape index (κ1) is 15.5. The van der Waals surface area contributed by atoms with Crippen LogP contribution in [0, 0.1) is 0 Å². The predicted octanol–water partition coefficient (Wildman–Crippen LogP) is 5.15. The zero-order valence-corrected chi connectivity index (χ0v) is 14.1. The van der Waals surface area contributed by atoms with Crippen LogP contribution in [-0.2, 0) is 0 Å². The van der Waals surface area contributed by atoms with Gasteiger partial charge in [-0.2, -0.15) is 0 Å². The highest BCUT2D eigenvalue weighted by molar-refractivity contribution is 6.30. The Kier molecular flexibility index (Phi) is 4.00. The highest BCUT2D eigenvalue weighted by Gasteiger charge is 2.18. The van der Waals surface area contributed by atoms with E-state index in [2.05, 4.69) is 4.98 Å². The van der Waals surface area contributed by atoms with Crippen molar-refractivity contribution in [3.05, 3.63) is 100 Å². The number of benzene rings is 3. The topological polar surface area (TPSA) is 37.8 Å². The van der Waals surface area contributed by atoms with E-state index in [4.69, 9.17) is 11.6 Å². The average molecular weight is 347 g/mol. The molecule has 25 heavy (non-hydrogen) atoms. The maximum atomic E-state index is 12.8. The fraction of sp³-hybridized carbons (Fsp3) is 0. The van der Waals surface area contributed by atoms with Gasteiger partial charge in [-0.25, -0.2) is 4.79 Å². The Morgan fingerprint density at radius 2 is 1.28 bits per heavy atom. The normalized spacial score (nSPS) is 10.8. The lowest BCUT2D eigenvalue weighted by atomic mass is 10.0. The van der Waals surface area contributed by atoms with Crippen LogP contribution in [0.25, 0.3) is 28.2 Å². The molecule has 1 aromatic heterocycles. The lowest BCUT2D eigenvalue weighted by Crippen LogP contribution is -2.15. The molecule has 4 rings (SSSR count). The molecule has 1 N–H and O–H groups in total. The van der Waals surface area contributed by atoms with Crippen LogP contribution in [0.3, 0.4) is 0 Å². The van der Waals surface area contributed by atoms with Gasteiger partial charge in [-0.1, -0.05) is 72.3 Å². The molecule has 0 saturated heterocycles. The van der Waals surface area contributed by atoms with Crippen molar-refractivity contribution in [1.29, 1.82) is 0 Å². The Hall–Kier alpha value is -3.04. The van der Waals surface area contributed by atoms with E-state index in [1.54, 1.807) is 16.7 Å². The lowest BCUT2D eigenvalue weighted by molar-refractivity contribution is 0.993. The fourth-order valence-corrected chi connectivity index (χ4v) is 3.08. The minimum atomic E-state index is -0.181. The molecule has 4 heteroatoms. The van der Waals surface area contributed by atoms with Gasteiger partial charge in [-0.15, -0.1) is 0 Å². The van der Waals surface area contributed by atoms with E-state index in [0.29, 0.717) is 5.02 Å². The van der Waals surface area contributed by atoms with Gasteiger partial charge in [0.25, 0.3) is 0 Å². The number of H-pyrrole nitrogens is 1. The minimum Gasteiger partial charge on any atom is -0.305 e. The van der Waals surface area contributed by atoms with Crippen LogP contribution in [0.4, 0.5) is 0 Å². The molecule has 0 saturated carbocycles. The van der Waals surface area contributed by atoms with E-state index in [0.717, 1.165) is 28.2 Å². The van der Waals surface area contributed by atoms with Crippen molar-refractivity contribution in [2.45, 2.75) is 0 Å². The number of nitrogens with zero attached hydrogens (tertiary/aromatic N) is 1. The summed E-state index contributed by atoms with van der Waals surface area (Å²) in [4.78, 5) is 15.8. The standard InChI is InChI=1S/C21H15ClN2O/c22-17-11-13-18(14-12-17)24-20(16-9-5-2-6-10-16)19(23-21(24)25)15-7-3-1-4-8-15/h1-14H,(H,23,25). The molecule has 0 aliphatic rings. The van der Waals surface area contributed by atoms with Gasteiger partial charge in [-0.3, -0.25) is 4.57 Å². The Labute approximate surface area is 150 Å². The van der Waals surface area contributed by atoms with Gasteiger partial charge in [0.1, 0.15) is 0 Å². The molecule has 3 nitrogen and oxygen atoms in total. The van der Waals surface area contributed by atoms with Gasteiger partial charge < -0.3 is 4.98 Å². The molecule has 1 heterocycles. The molecule has 3 aromatic carbocycles. The summed E-state index contributed by atoms with van der Waals surface area (Å²) in [6.07, 6.45) is 0. The Morgan fingerprint density at radius 3 is 1.88 bits per heavy atom. The summed E-state index contributed by atoms with van der Waals surface area (Å²) in [6.45, 7) is 0. The third-order valence-electron chi connectivity index (χ3n) is 4.09. The second-order valence-corrected chi connectivity index (χ2v) is 6.13. The van der Waals surface area contributed by atoms with Gasteiger partial charge >= 0.3 is 5.69 Å². The monoisotopic (exact) mass is 346 g/mol. The molecule has 122 valence electrons. The van der Waals surface area contributed by atoms with Crippen molar-refractivity contribution < 1.29 is 0 Å². The van der Waals surface area contributed by atoms with Gasteiger partial charge in [0.15, 0.2) is 0 Å². The lowest BCUT2D eigenvalue weighted by Gasteiger charge is -2.10. The number of aromatic amines is 1. The zero-order valence-electron chi connectivity index (χ0n) is 13.3. The third-order valence-corrected chi connectivity index (χ3v) is 4.34. The van der Waals surface area contributed by atoms with Crippen molar-refractivity contribution in [3.63, 3.8) is 0 Å².